The molecule has 188 valence electrons. The van der Waals surface area contributed by atoms with Gasteiger partial charge < -0.3 is 24.1 Å². The van der Waals surface area contributed by atoms with E-state index in [0.717, 1.165) is 16.9 Å². The molecule has 0 aliphatic carbocycles. The molecule has 0 unspecified atom stereocenters. The maximum absolute atomic E-state index is 13.0. The van der Waals surface area contributed by atoms with Gasteiger partial charge in [0.25, 0.3) is 11.8 Å². The van der Waals surface area contributed by atoms with Crippen LogP contribution in [0.1, 0.15) is 32.0 Å². The van der Waals surface area contributed by atoms with Crippen molar-refractivity contribution in [3.05, 3.63) is 100 Å². The summed E-state index contributed by atoms with van der Waals surface area (Å²) in [7, 11) is 3.08. The van der Waals surface area contributed by atoms with E-state index >= 15 is 0 Å². The van der Waals surface area contributed by atoms with Crippen LogP contribution in [0.25, 0.3) is 11.3 Å². The standard InChI is InChI=1S/C29H25ClN2O5/c1-35-22-13-19(14-23(16-22)36-2)28(33)31-21-9-7-18(8-10-21)27-15-20-17-32(12-11-26(20)37-27)29(34)24-5-3-4-6-25(24)30/h3-10,13-16H,11-12,17H2,1-2H3,(H,31,33). The highest BCUT2D eigenvalue weighted by Crippen LogP contribution is 2.31. The Balaban J connectivity index is 1.28. The minimum absolute atomic E-state index is 0.0900. The second kappa shape index (κ2) is 10.4. The van der Waals surface area contributed by atoms with Gasteiger partial charge in [-0.1, -0.05) is 23.7 Å². The highest BCUT2D eigenvalue weighted by Gasteiger charge is 2.26. The van der Waals surface area contributed by atoms with Gasteiger partial charge >= 0.3 is 0 Å². The number of nitrogens with zero attached hydrogens (tertiary/aromatic N) is 1. The molecule has 0 radical (unpaired) electrons. The van der Waals surface area contributed by atoms with Crippen LogP contribution in [0, 0.1) is 0 Å². The van der Waals surface area contributed by atoms with Crippen LogP contribution in [0.4, 0.5) is 5.69 Å². The third-order valence-corrected chi connectivity index (χ3v) is 6.63. The molecule has 1 aliphatic rings. The average molecular weight is 517 g/mol. The van der Waals surface area contributed by atoms with Crippen LogP contribution < -0.4 is 14.8 Å². The number of furan rings is 1. The third kappa shape index (κ3) is 5.17. The van der Waals surface area contributed by atoms with Gasteiger partial charge in [0.1, 0.15) is 23.0 Å². The van der Waals surface area contributed by atoms with Crippen molar-refractivity contribution < 1.29 is 23.5 Å². The van der Waals surface area contributed by atoms with Crippen molar-refractivity contribution in [1.29, 1.82) is 0 Å². The zero-order chi connectivity index (χ0) is 25.9. The van der Waals surface area contributed by atoms with Crippen molar-refractivity contribution in [3.63, 3.8) is 0 Å². The zero-order valence-electron chi connectivity index (χ0n) is 20.4. The molecule has 0 spiro atoms. The summed E-state index contributed by atoms with van der Waals surface area (Å²) in [4.78, 5) is 27.5. The van der Waals surface area contributed by atoms with Crippen LogP contribution in [0.2, 0.25) is 5.02 Å². The fourth-order valence-electron chi connectivity index (χ4n) is 4.31. The lowest BCUT2D eigenvalue weighted by Gasteiger charge is -2.26. The molecule has 0 atom stereocenters. The maximum atomic E-state index is 13.0. The summed E-state index contributed by atoms with van der Waals surface area (Å²) in [6.07, 6.45) is 0.629. The Kier molecular flexibility index (Phi) is 6.88. The Morgan fingerprint density at radius 1 is 0.946 bits per heavy atom. The highest BCUT2D eigenvalue weighted by molar-refractivity contribution is 6.33. The minimum atomic E-state index is -0.276. The number of carbonyl (C=O) groups excluding carboxylic acids is 2. The third-order valence-electron chi connectivity index (χ3n) is 6.30. The SMILES string of the molecule is COc1cc(OC)cc(C(=O)Nc2ccc(-c3cc4c(o3)CCN(C(=O)c3ccccc3Cl)C4)cc2)c1. The van der Waals surface area contributed by atoms with Crippen molar-refractivity contribution in [3.8, 4) is 22.8 Å². The fourth-order valence-corrected chi connectivity index (χ4v) is 4.53. The molecule has 1 aliphatic heterocycles. The van der Waals surface area contributed by atoms with Crippen molar-refractivity contribution in [2.45, 2.75) is 13.0 Å². The number of anilines is 1. The quantitative estimate of drug-likeness (QED) is 0.336. The van der Waals surface area contributed by atoms with E-state index in [1.165, 1.54) is 14.2 Å². The number of halogens is 1. The van der Waals surface area contributed by atoms with Crippen LogP contribution in [-0.2, 0) is 13.0 Å². The summed E-state index contributed by atoms with van der Waals surface area (Å²) in [5.74, 6) is 2.30. The molecule has 0 fully saturated rings. The van der Waals surface area contributed by atoms with E-state index in [0.29, 0.717) is 58.6 Å². The average Bonchev–Trinajstić information content (AvgIpc) is 3.36. The predicted octanol–water partition coefficient (Wildman–Crippen LogP) is 6.07. The Labute approximate surface area is 219 Å². The number of hydrogen-bond donors (Lipinski definition) is 1. The molecule has 8 heteroatoms. The molecule has 3 aromatic carbocycles. The molecule has 1 N–H and O–H groups in total. The van der Waals surface area contributed by atoms with Gasteiger partial charge in [-0.05, 0) is 54.6 Å². The summed E-state index contributed by atoms with van der Waals surface area (Å²) in [6.45, 7) is 1.02. The molecular weight excluding hydrogens is 492 g/mol. The van der Waals surface area contributed by atoms with Crippen LogP contribution in [0.5, 0.6) is 11.5 Å². The van der Waals surface area contributed by atoms with E-state index in [-0.39, 0.29) is 11.8 Å². The van der Waals surface area contributed by atoms with E-state index in [1.807, 2.05) is 42.5 Å². The van der Waals surface area contributed by atoms with Crippen LogP contribution in [-0.4, -0.2) is 37.5 Å². The van der Waals surface area contributed by atoms with Gasteiger partial charge in [0.2, 0.25) is 0 Å². The number of rotatable bonds is 6. The zero-order valence-corrected chi connectivity index (χ0v) is 21.2. The first-order valence-electron chi connectivity index (χ1n) is 11.8. The molecule has 2 heterocycles. The summed E-state index contributed by atoms with van der Waals surface area (Å²) in [5.41, 5.74) is 3.42. The Hall–Kier alpha value is -4.23. The van der Waals surface area contributed by atoms with Gasteiger partial charge in [0, 0.05) is 48.0 Å². The molecule has 5 rings (SSSR count). The molecule has 0 saturated carbocycles. The number of methoxy groups -OCH3 is 2. The second-order valence-corrected chi connectivity index (χ2v) is 9.06. The largest absolute Gasteiger partial charge is 0.497 e. The first-order valence-corrected chi connectivity index (χ1v) is 12.1. The van der Waals surface area contributed by atoms with Crippen molar-refractivity contribution in [2.24, 2.45) is 0 Å². The van der Waals surface area contributed by atoms with E-state index in [9.17, 15) is 9.59 Å². The molecule has 2 amide bonds. The molecule has 37 heavy (non-hydrogen) atoms. The molecular formula is C29H25ClN2O5. The highest BCUT2D eigenvalue weighted by atomic mass is 35.5. The van der Waals surface area contributed by atoms with Crippen molar-refractivity contribution in [2.75, 3.05) is 26.1 Å². The summed E-state index contributed by atoms with van der Waals surface area (Å²) in [6, 6.07) is 21.5. The number of nitrogens with one attached hydrogen (secondary N) is 1. The van der Waals surface area contributed by atoms with E-state index in [1.54, 1.807) is 35.2 Å². The van der Waals surface area contributed by atoms with Gasteiger partial charge in [0.05, 0.1) is 24.8 Å². The normalized spacial score (nSPS) is 12.6. The minimum Gasteiger partial charge on any atom is -0.497 e. The number of benzene rings is 3. The van der Waals surface area contributed by atoms with Crippen molar-refractivity contribution >= 4 is 29.1 Å². The lowest BCUT2D eigenvalue weighted by Crippen LogP contribution is -2.35. The number of carbonyl (C=O) groups is 2. The van der Waals surface area contributed by atoms with Gasteiger partial charge in [0.15, 0.2) is 0 Å². The van der Waals surface area contributed by atoms with Crippen LogP contribution in [0.3, 0.4) is 0 Å². The first-order chi connectivity index (χ1) is 17.9. The lowest BCUT2D eigenvalue weighted by molar-refractivity contribution is 0.0730. The van der Waals surface area contributed by atoms with Crippen LogP contribution in [0.15, 0.2) is 77.2 Å². The lowest BCUT2D eigenvalue weighted by atomic mass is 10.1. The summed E-state index contributed by atoms with van der Waals surface area (Å²) in [5, 5.41) is 3.34. The van der Waals surface area contributed by atoms with Crippen LogP contribution >= 0.6 is 11.6 Å². The summed E-state index contributed by atoms with van der Waals surface area (Å²) < 4.78 is 16.6. The molecule has 7 nitrogen and oxygen atoms in total. The van der Waals surface area contributed by atoms with Gasteiger partial charge in [-0.15, -0.1) is 0 Å². The predicted molar refractivity (Wildman–Crippen MR) is 142 cm³/mol. The van der Waals surface area contributed by atoms with E-state index in [4.69, 9.17) is 25.5 Å². The maximum Gasteiger partial charge on any atom is 0.255 e. The second-order valence-electron chi connectivity index (χ2n) is 8.65. The summed E-state index contributed by atoms with van der Waals surface area (Å²) >= 11 is 6.23. The molecule has 0 saturated heterocycles. The smallest absolute Gasteiger partial charge is 0.255 e. The van der Waals surface area contributed by atoms with Gasteiger partial charge in [-0.25, -0.2) is 0 Å². The van der Waals surface area contributed by atoms with Gasteiger partial charge in [-0.2, -0.15) is 0 Å². The van der Waals surface area contributed by atoms with E-state index < -0.39 is 0 Å². The molecule has 4 aromatic rings. The number of ether oxygens (including phenoxy) is 2. The topological polar surface area (TPSA) is 81.0 Å². The Morgan fingerprint density at radius 3 is 2.32 bits per heavy atom. The molecule has 1 aromatic heterocycles. The van der Waals surface area contributed by atoms with Crippen molar-refractivity contribution in [1.82, 2.24) is 4.90 Å². The Bertz CT molecular complexity index is 1440. The first kappa shape index (κ1) is 24.5. The monoisotopic (exact) mass is 516 g/mol. The fraction of sp³-hybridized carbons (Fsp3) is 0.172. The van der Waals surface area contributed by atoms with Gasteiger partial charge in [-0.3, -0.25) is 9.59 Å². The number of fused-ring (bicyclic) bond motifs is 1. The number of hydrogen-bond acceptors (Lipinski definition) is 5. The number of amides is 2. The Morgan fingerprint density at radius 2 is 1.65 bits per heavy atom. The van der Waals surface area contributed by atoms with E-state index in [2.05, 4.69) is 5.32 Å². The molecule has 0 bridgehead atoms.